The van der Waals surface area contributed by atoms with Gasteiger partial charge in [-0.2, -0.15) is 0 Å². The van der Waals surface area contributed by atoms with Gasteiger partial charge in [0.25, 0.3) is 0 Å². The van der Waals surface area contributed by atoms with E-state index >= 15 is 0 Å². The van der Waals surface area contributed by atoms with Crippen LogP contribution in [0.3, 0.4) is 0 Å². The van der Waals surface area contributed by atoms with Gasteiger partial charge in [0.05, 0.1) is 12.3 Å². The molecule has 1 N–H and O–H groups in total. The van der Waals surface area contributed by atoms with E-state index in [0.29, 0.717) is 6.61 Å². The molecule has 1 saturated carbocycles. The minimum absolute atomic E-state index is 0.222. The summed E-state index contributed by atoms with van der Waals surface area (Å²) in [6.45, 7) is 10.5. The molecule has 0 radical (unpaired) electrons. The van der Waals surface area contributed by atoms with Gasteiger partial charge >= 0.3 is 6.09 Å². The van der Waals surface area contributed by atoms with Crippen LogP contribution in [0.2, 0.25) is 0 Å². The number of rotatable bonds is 7. The number of ether oxygens (including phenoxy) is 2. The minimum atomic E-state index is -0.485. The number of carbonyl (C=O) groups is 1. The zero-order chi connectivity index (χ0) is 18.5. The van der Waals surface area contributed by atoms with E-state index in [2.05, 4.69) is 23.3 Å². The lowest BCUT2D eigenvalue weighted by molar-refractivity contribution is 0.0383. The summed E-state index contributed by atoms with van der Waals surface area (Å²) in [5, 5.41) is 3.09. The highest BCUT2D eigenvalue weighted by Crippen LogP contribution is 2.36. The van der Waals surface area contributed by atoms with Crippen LogP contribution in [0, 0.1) is 6.92 Å². The molecular weight excluding hydrogens is 316 g/mol. The Morgan fingerprint density at radius 2 is 2.08 bits per heavy atom. The maximum Gasteiger partial charge on any atom is 0.408 e. The molecule has 140 valence electrons. The number of aromatic nitrogens is 1. The van der Waals surface area contributed by atoms with Crippen LogP contribution >= 0.6 is 0 Å². The lowest BCUT2D eigenvalue weighted by atomic mass is 9.73. The zero-order valence-electron chi connectivity index (χ0n) is 16.3. The maximum atomic E-state index is 12.2. The predicted molar refractivity (Wildman–Crippen MR) is 99.0 cm³/mol. The number of amides is 1. The number of nitrogens with one attached hydrogen (secondary N) is 1. The van der Waals surface area contributed by atoms with E-state index in [-0.39, 0.29) is 11.6 Å². The molecule has 1 fully saturated rings. The highest BCUT2D eigenvalue weighted by Gasteiger charge is 2.39. The van der Waals surface area contributed by atoms with E-state index in [1.807, 2.05) is 33.9 Å². The van der Waals surface area contributed by atoms with E-state index in [4.69, 9.17) is 9.47 Å². The van der Waals surface area contributed by atoms with Crippen LogP contribution in [0.15, 0.2) is 12.3 Å². The Morgan fingerprint density at radius 3 is 2.64 bits per heavy atom. The van der Waals surface area contributed by atoms with Gasteiger partial charge in [0, 0.05) is 11.7 Å². The zero-order valence-corrected chi connectivity index (χ0v) is 16.3. The normalized spacial score (nSPS) is 16.0. The van der Waals surface area contributed by atoms with Crippen molar-refractivity contribution in [3.63, 3.8) is 0 Å². The van der Waals surface area contributed by atoms with Crippen LogP contribution in [-0.4, -0.2) is 28.8 Å². The van der Waals surface area contributed by atoms with Crippen LogP contribution in [0.1, 0.15) is 71.1 Å². The predicted octanol–water partition coefficient (Wildman–Crippen LogP) is 4.56. The fraction of sp³-hybridized carbons (Fsp3) is 0.700. The Bertz CT molecular complexity index is 589. The summed E-state index contributed by atoms with van der Waals surface area (Å²) in [4.78, 5) is 16.6. The Morgan fingerprint density at radius 1 is 1.36 bits per heavy atom. The third kappa shape index (κ3) is 5.91. The average Bonchev–Trinajstić information content (AvgIpc) is 2.46. The molecule has 1 amide bonds. The van der Waals surface area contributed by atoms with E-state index < -0.39 is 5.60 Å². The first-order chi connectivity index (χ1) is 11.7. The third-order valence-electron chi connectivity index (χ3n) is 4.47. The lowest BCUT2D eigenvalue weighted by Crippen LogP contribution is -2.56. The Labute approximate surface area is 151 Å². The third-order valence-corrected chi connectivity index (χ3v) is 4.47. The first-order valence-corrected chi connectivity index (χ1v) is 9.32. The first-order valence-electron chi connectivity index (χ1n) is 9.32. The molecule has 0 unspecified atom stereocenters. The Hall–Kier alpha value is -1.78. The van der Waals surface area contributed by atoms with Gasteiger partial charge in [-0.1, -0.05) is 13.3 Å². The summed E-state index contributed by atoms with van der Waals surface area (Å²) in [7, 11) is 0. The molecule has 1 aromatic heterocycles. The van der Waals surface area contributed by atoms with Crippen LogP contribution < -0.4 is 10.1 Å². The molecule has 1 aliphatic carbocycles. The molecule has 0 bridgehead atoms. The van der Waals surface area contributed by atoms with E-state index in [1.54, 1.807) is 0 Å². The quantitative estimate of drug-likeness (QED) is 0.734. The van der Waals surface area contributed by atoms with Crippen molar-refractivity contribution in [2.75, 3.05) is 6.61 Å². The van der Waals surface area contributed by atoms with Crippen molar-refractivity contribution in [3.05, 3.63) is 23.5 Å². The molecule has 5 nitrogen and oxygen atoms in total. The number of carbonyl (C=O) groups excluding carboxylic acids is 1. The van der Waals surface area contributed by atoms with Gasteiger partial charge in [0.1, 0.15) is 11.4 Å². The van der Waals surface area contributed by atoms with Gasteiger partial charge in [0.15, 0.2) is 0 Å². The van der Waals surface area contributed by atoms with Crippen molar-refractivity contribution < 1.29 is 14.3 Å². The van der Waals surface area contributed by atoms with Crippen molar-refractivity contribution in [2.45, 2.75) is 84.3 Å². The molecule has 0 aliphatic heterocycles. The van der Waals surface area contributed by atoms with Crippen molar-refractivity contribution in [1.29, 1.82) is 0 Å². The average molecular weight is 348 g/mol. The maximum absolute atomic E-state index is 12.2. The second-order valence-corrected chi connectivity index (χ2v) is 8.07. The summed E-state index contributed by atoms with van der Waals surface area (Å²) in [6.07, 6.45) is 7.49. The molecule has 0 atom stereocenters. The number of hydrogen-bond acceptors (Lipinski definition) is 4. The summed E-state index contributed by atoms with van der Waals surface area (Å²) in [5.41, 5.74) is 1.29. The molecular formula is C20H32N2O3. The molecule has 1 aliphatic rings. The number of alkyl carbamates (subject to hydrolysis) is 1. The molecule has 25 heavy (non-hydrogen) atoms. The van der Waals surface area contributed by atoms with Gasteiger partial charge in [-0.05, 0) is 71.4 Å². The summed E-state index contributed by atoms with van der Waals surface area (Å²) in [5.74, 6) is 0.845. The second-order valence-electron chi connectivity index (χ2n) is 8.07. The highest BCUT2D eigenvalue weighted by atomic mass is 16.6. The van der Waals surface area contributed by atoms with Gasteiger partial charge < -0.3 is 14.8 Å². The summed E-state index contributed by atoms with van der Waals surface area (Å²) in [6, 6.07) is 2.06. The van der Waals surface area contributed by atoms with Crippen LogP contribution in [0.4, 0.5) is 4.79 Å². The van der Waals surface area contributed by atoms with Gasteiger partial charge in [-0.25, -0.2) is 4.79 Å². The Kier molecular flexibility index (Phi) is 6.31. The van der Waals surface area contributed by atoms with Crippen LogP contribution in [-0.2, 0) is 11.2 Å². The molecule has 2 rings (SSSR count). The molecule has 1 heterocycles. The number of nitrogens with zero attached hydrogens (tertiary/aromatic N) is 1. The fourth-order valence-corrected chi connectivity index (χ4v) is 2.98. The van der Waals surface area contributed by atoms with Gasteiger partial charge in [-0.3, -0.25) is 4.98 Å². The fourth-order valence-electron chi connectivity index (χ4n) is 2.98. The Balaban J connectivity index is 2.03. The number of aryl methyl sites for hydroxylation is 1. The van der Waals surface area contributed by atoms with Gasteiger partial charge in [-0.15, -0.1) is 0 Å². The van der Waals surface area contributed by atoms with Crippen LogP contribution in [0.5, 0.6) is 5.75 Å². The smallest absolute Gasteiger partial charge is 0.408 e. The summed E-state index contributed by atoms with van der Waals surface area (Å²) >= 11 is 0. The number of pyridine rings is 1. The minimum Gasteiger partial charge on any atom is -0.492 e. The molecule has 0 spiro atoms. The van der Waals surface area contributed by atoms with Crippen molar-refractivity contribution in [3.8, 4) is 5.75 Å². The lowest BCUT2D eigenvalue weighted by Gasteiger charge is -2.42. The van der Waals surface area contributed by atoms with Crippen molar-refractivity contribution >= 4 is 6.09 Å². The van der Waals surface area contributed by atoms with Gasteiger partial charge in [0.2, 0.25) is 0 Å². The summed E-state index contributed by atoms with van der Waals surface area (Å²) < 4.78 is 11.3. The second kappa shape index (κ2) is 8.07. The first kappa shape index (κ1) is 19.5. The van der Waals surface area contributed by atoms with E-state index in [1.165, 1.54) is 0 Å². The van der Waals surface area contributed by atoms with E-state index in [9.17, 15) is 4.79 Å². The number of hydrogen-bond donors (Lipinski definition) is 1. The van der Waals surface area contributed by atoms with Crippen LogP contribution in [0.25, 0.3) is 0 Å². The molecule has 0 aromatic carbocycles. The van der Waals surface area contributed by atoms with Crippen molar-refractivity contribution in [2.24, 2.45) is 0 Å². The SMILES string of the molecule is CCCCOc1cc(CC2(NC(=O)OC(C)(C)C)CCC2)cnc1C. The van der Waals surface area contributed by atoms with Crippen molar-refractivity contribution in [1.82, 2.24) is 10.3 Å². The number of unbranched alkanes of at least 4 members (excludes halogenated alkanes) is 1. The molecule has 0 saturated heterocycles. The molecule has 1 aromatic rings. The topological polar surface area (TPSA) is 60.5 Å². The monoisotopic (exact) mass is 348 g/mol. The highest BCUT2D eigenvalue weighted by molar-refractivity contribution is 5.69. The largest absolute Gasteiger partial charge is 0.492 e. The molecule has 5 heteroatoms. The van der Waals surface area contributed by atoms with E-state index in [0.717, 1.165) is 55.5 Å². The standard InChI is InChI=1S/C20H32N2O3/c1-6-7-11-24-17-12-16(14-21-15(17)2)13-20(9-8-10-20)22-18(23)25-19(3,4)5/h12,14H,6-11,13H2,1-5H3,(H,22,23).